The fourth-order valence-corrected chi connectivity index (χ4v) is 5.25. The molecule has 0 rings (SSSR count). The number of hydrogen-bond donors (Lipinski definition) is 0. The Labute approximate surface area is 174 Å². The lowest BCUT2D eigenvalue weighted by Gasteiger charge is -2.53. The predicted octanol–water partition coefficient (Wildman–Crippen LogP) is 7.99. The molecule has 0 N–H and O–H groups in total. The van der Waals surface area contributed by atoms with E-state index in [1.807, 2.05) is 0 Å². The first kappa shape index (κ1) is 27.0. The Balaban J connectivity index is 5.59. The van der Waals surface area contributed by atoms with E-state index in [1.165, 1.54) is 12.8 Å². The summed E-state index contributed by atoms with van der Waals surface area (Å²) < 4.78 is 0. The van der Waals surface area contributed by atoms with Crippen molar-refractivity contribution in [2.45, 2.75) is 114 Å². The zero-order valence-electron chi connectivity index (χ0n) is 21.6. The van der Waals surface area contributed by atoms with Crippen molar-refractivity contribution in [1.82, 2.24) is 4.90 Å². The molecule has 1 heteroatoms. The van der Waals surface area contributed by atoms with Crippen LogP contribution >= 0.6 is 0 Å². The molecule has 0 fully saturated rings. The average molecular weight is 382 g/mol. The van der Waals surface area contributed by atoms with Crippen LogP contribution in [0.5, 0.6) is 0 Å². The van der Waals surface area contributed by atoms with Crippen LogP contribution in [0.1, 0.15) is 103 Å². The molecule has 0 aliphatic carbocycles. The lowest BCUT2D eigenvalue weighted by Crippen LogP contribution is -2.59. The van der Waals surface area contributed by atoms with Gasteiger partial charge in [0, 0.05) is 11.6 Å². The van der Waals surface area contributed by atoms with E-state index in [9.17, 15) is 0 Å². The second kappa shape index (κ2) is 11.2. The van der Waals surface area contributed by atoms with Gasteiger partial charge >= 0.3 is 0 Å². The Morgan fingerprint density at radius 3 is 1.41 bits per heavy atom. The molecule has 9 unspecified atom stereocenters. The lowest BCUT2D eigenvalue weighted by atomic mass is 9.63. The summed E-state index contributed by atoms with van der Waals surface area (Å²) in [6, 6.07) is 0.615. The van der Waals surface area contributed by atoms with E-state index in [0.717, 1.165) is 29.6 Å². The molecule has 0 amide bonds. The van der Waals surface area contributed by atoms with E-state index in [0.29, 0.717) is 23.8 Å². The molecular weight excluding hydrogens is 326 g/mol. The second-order valence-electron chi connectivity index (χ2n) is 10.7. The van der Waals surface area contributed by atoms with E-state index in [1.54, 1.807) is 0 Å². The average Bonchev–Trinajstić information content (AvgIpc) is 2.67. The molecule has 0 spiro atoms. The minimum Gasteiger partial charge on any atom is -0.297 e. The summed E-state index contributed by atoms with van der Waals surface area (Å²) >= 11 is 0. The fourth-order valence-electron chi connectivity index (χ4n) is 5.25. The van der Waals surface area contributed by atoms with Gasteiger partial charge in [-0.2, -0.15) is 0 Å². The molecule has 0 aliphatic heterocycles. The molecule has 0 aromatic heterocycles. The van der Waals surface area contributed by atoms with Gasteiger partial charge in [-0.05, 0) is 68.2 Å². The third-order valence-electron chi connectivity index (χ3n) is 9.75. The number of hydrogen-bond acceptors (Lipinski definition) is 1. The van der Waals surface area contributed by atoms with Crippen LogP contribution in [0, 0.1) is 47.3 Å². The Morgan fingerprint density at radius 2 is 1.04 bits per heavy atom. The normalized spacial score (nSPS) is 24.0. The highest BCUT2D eigenvalue weighted by Crippen LogP contribution is 2.43. The molecule has 164 valence electrons. The van der Waals surface area contributed by atoms with Crippen LogP contribution in [0.25, 0.3) is 0 Å². The Hall–Kier alpha value is -0.0400. The van der Waals surface area contributed by atoms with E-state index in [-0.39, 0.29) is 5.54 Å². The highest BCUT2D eigenvalue weighted by molar-refractivity contribution is 4.98. The molecule has 1 nitrogen and oxygen atoms in total. The molecular formula is C26H55N. The SMILES string of the molecule is CCC(C)C(C)C(C)C(C)C(C)C(C)C(C)(C(C)C)N(C)C(C)C(C)CC. The molecule has 0 radical (unpaired) electrons. The maximum atomic E-state index is 2.72. The molecule has 27 heavy (non-hydrogen) atoms. The first-order valence-corrected chi connectivity index (χ1v) is 12.0. The summed E-state index contributed by atoms with van der Waals surface area (Å²) in [7, 11) is 2.38. The van der Waals surface area contributed by atoms with Crippen molar-refractivity contribution >= 4 is 0 Å². The van der Waals surface area contributed by atoms with E-state index >= 15 is 0 Å². The van der Waals surface area contributed by atoms with E-state index < -0.39 is 0 Å². The van der Waals surface area contributed by atoms with Gasteiger partial charge < -0.3 is 0 Å². The summed E-state index contributed by atoms with van der Waals surface area (Å²) in [5.41, 5.74) is 0.218. The second-order valence-corrected chi connectivity index (χ2v) is 10.7. The molecule has 0 saturated heterocycles. The Bertz CT molecular complexity index is 403. The van der Waals surface area contributed by atoms with Crippen LogP contribution in [0.3, 0.4) is 0 Å². The standard InChI is InChI=1S/C26H55N/c1-15-18(5)20(7)21(8)22(9)23(10)24(11)26(13,17(3)4)27(14)25(12)19(6)16-2/h17-25H,15-16H2,1-14H3. The molecule has 0 aliphatic rings. The van der Waals surface area contributed by atoms with Crippen molar-refractivity contribution in [3.05, 3.63) is 0 Å². The summed E-state index contributed by atoms with van der Waals surface area (Å²) in [6.45, 7) is 31.9. The first-order valence-electron chi connectivity index (χ1n) is 12.0. The minimum atomic E-state index is 0.218. The lowest BCUT2D eigenvalue weighted by molar-refractivity contribution is -0.0413. The van der Waals surface area contributed by atoms with Gasteiger partial charge in [-0.3, -0.25) is 4.90 Å². The molecule has 0 saturated carbocycles. The van der Waals surface area contributed by atoms with Gasteiger partial charge in [0.05, 0.1) is 0 Å². The van der Waals surface area contributed by atoms with E-state index in [4.69, 9.17) is 0 Å². The minimum absolute atomic E-state index is 0.218. The zero-order valence-corrected chi connectivity index (χ0v) is 21.6. The zero-order chi connectivity index (χ0) is 21.7. The number of rotatable bonds is 12. The van der Waals surface area contributed by atoms with Gasteiger partial charge in [0.15, 0.2) is 0 Å². The third kappa shape index (κ3) is 5.97. The van der Waals surface area contributed by atoms with Gasteiger partial charge in [0.25, 0.3) is 0 Å². The monoisotopic (exact) mass is 381 g/mol. The topological polar surface area (TPSA) is 3.24 Å². The molecule has 0 aromatic carbocycles. The van der Waals surface area contributed by atoms with Gasteiger partial charge in [0.1, 0.15) is 0 Å². The summed E-state index contributed by atoms with van der Waals surface area (Å²) in [5, 5.41) is 0. The van der Waals surface area contributed by atoms with Crippen molar-refractivity contribution in [2.75, 3.05) is 7.05 Å². The van der Waals surface area contributed by atoms with Crippen LogP contribution in [0.4, 0.5) is 0 Å². The van der Waals surface area contributed by atoms with Crippen molar-refractivity contribution < 1.29 is 0 Å². The van der Waals surface area contributed by atoms with Gasteiger partial charge in [-0.15, -0.1) is 0 Å². The maximum Gasteiger partial charge on any atom is 0.0232 e. The molecule has 0 heterocycles. The van der Waals surface area contributed by atoms with Crippen molar-refractivity contribution in [3.8, 4) is 0 Å². The summed E-state index contributed by atoms with van der Waals surface area (Å²) in [6.07, 6.45) is 2.55. The van der Waals surface area contributed by atoms with E-state index in [2.05, 4.69) is 102 Å². The van der Waals surface area contributed by atoms with Crippen LogP contribution in [-0.4, -0.2) is 23.5 Å². The van der Waals surface area contributed by atoms with Crippen molar-refractivity contribution in [3.63, 3.8) is 0 Å². The van der Waals surface area contributed by atoms with Crippen LogP contribution in [-0.2, 0) is 0 Å². The highest BCUT2D eigenvalue weighted by Gasteiger charge is 2.44. The maximum absolute atomic E-state index is 2.72. The Kier molecular flexibility index (Phi) is 11.2. The predicted molar refractivity (Wildman–Crippen MR) is 125 cm³/mol. The van der Waals surface area contributed by atoms with Gasteiger partial charge in [0.2, 0.25) is 0 Å². The quantitative estimate of drug-likeness (QED) is 0.331. The van der Waals surface area contributed by atoms with Gasteiger partial charge in [-0.25, -0.2) is 0 Å². The summed E-state index contributed by atoms with van der Waals surface area (Å²) in [5.74, 6) is 5.87. The highest BCUT2D eigenvalue weighted by atomic mass is 15.2. The molecule has 0 aromatic rings. The Morgan fingerprint density at radius 1 is 0.630 bits per heavy atom. The number of nitrogens with zero attached hydrogens (tertiary/aromatic N) is 1. The van der Waals surface area contributed by atoms with Gasteiger partial charge in [-0.1, -0.05) is 89.0 Å². The third-order valence-corrected chi connectivity index (χ3v) is 9.75. The van der Waals surface area contributed by atoms with Crippen LogP contribution in [0.2, 0.25) is 0 Å². The van der Waals surface area contributed by atoms with Crippen molar-refractivity contribution in [2.24, 2.45) is 47.3 Å². The fraction of sp³-hybridized carbons (Fsp3) is 1.00. The largest absolute Gasteiger partial charge is 0.297 e. The van der Waals surface area contributed by atoms with Crippen LogP contribution in [0.15, 0.2) is 0 Å². The molecule has 0 bridgehead atoms. The van der Waals surface area contributed by atoms with Crippen molar-refractivity contribution in [1.29, 1.82) is 0 Å². The smallest absolute Gasteiger partial charge is 0.0232 e. The van der Waals surface area contributed by atoms with Crippen LogP contribution < -0.4 is 0 Å². The summed E-state index contributed by atoms with van der Waals surface area (Å²) in [4.78, 5) is 2.72. The molecule has 9 atom stereocenters. The first-order chi connectivity index (χ1) is 12.3.